The number of ether oxygens (including phenoxy) is 1. The maximum Gasteiger partial charge on any atom is 0.194 e. The van der Waals surface area contributed by atoms with Gasteiger partial charge in [-0.05, 0) is 67.9 Å². The van der Waals surface area contributed by atoms with Crippen molar-refractivity contribution in [3.05, 3.63) is 100 Å². The van der Waals surface area contributed by atoms with E-state index in [0.717, 1.165) is 5.56 Å². The summed E-state index contributed by atoms with van der Waals surface area (Å²) in [6.45, 7) is 4.32. The fraction of sp³-hybridized carbons (Fsp3) is 0.154. The number of nitrogens with one attached hydrogen (secondary N) is 1. The lowest BCUT2D eigenvalue weighted by Crippen LogP contribution is -2.14. The van der Waals surface area contributed by atoms with Crippen LogP contribution in [0, 0.1) is 12.7 Å². The molecule has 0 fully saturated rings. The molecule has 0 bridgehead atoms. The quantitative estimate of drug-likeness (QED) is 0.214. The average molecular weight is 495 g/mol. The Kier molecular flexibility index (Phi) is 7.04. The van der Waals surface area contributed by atoms with Gasteiger partial charge in [0.05, 0.1) is 5.69 Å². The zero-order valence-corrected chi connectivity index (χ0v) is 19.9. The molecule has 2 heterocycles. The molecular formula is C26H24ClFN4O3. The van der Waals surface area contributed by atoms with Gasteiger partial charge in [-0.25, -0.2) is 9.37 Å². The molecule has 4 aromatic rings. The molecule has 0 aliphatic rings. The fourth-order valence-corrected chi connectivity index (χ4v) is 3.80. The molecule has 0 saturated heterocycles. The van der Waals surface area contributed by atoms with Crippen molar-refractivity contribution in [3.63, 3.8) is 0 Å². The van der Waals surface area contributed by atoms with Gasteiger partial charge in [0.15, 0.2) is 17.8 Å². The van der Waals surface area contributed by atoms with E-state index >= 15 is 0 Å². The first-order valence-electron chi connectivity index (χ1n) is 10.9. The summed E-state index contributed by atoms with van der Waals surface area (Å²) < 4.78 is 20.9. The molecule has 7 nitrogen and oxygen atoms in total. The van der Waals surface area contributed by atoms with Gasteiger partial charge in [0.2, 0.25) is 0 Å². The molecule has 35 heavy (non-hydrogen) atoms. The molecule has 2 aromatic heterocycles. The second kappa shape index (κ2) is 10.2. The Morgan fingerprint density at radius 3 is 2.60 bits per heavy atom. The zero-order valence-electron chi connectivity index (χ0n) is 19.1. The van der Waals surface area contributed by atoms with E-state index in [1.54, 1.807) is 35.0 Å². The van der Waals surface area contributed by atoms with Crippen molar-refractivity contribution >= 4 is 28.9 Å². The average Bonchev–Trinajstić information content (AvgIpc) is 3.28. The van der Waals surface area contributed by atoms with Crippen LogP contribution in [0.2, 0.25) is 5.02 Å². The van der Waals surface area contributed by atoms with E-state index in [2.05, 4.69) is 10.3 Å². The van der Waals surface area contributed by atoms with Crippen LogP contribution < -0.4 is 15.8 Å². The van der Waals surface area contributed by atoms with Gasteiger partial charge in [-0.2, -0.15) is 0 Å². The van der Waals surface area contributed by atoms with Crippen LogP contribution in [0.3, 0.4) is 0 Å². The first-order valence-corrected chi connectivity index (χ1v) is 11.3. The molecule has 1 unspecified atom stereocenters. The van der Waals surface area contributed by atoms with Crippen LogP contribution in [0.4, 0.5) is 15.9 Å². The number of aliphatic hydroxyl groups excluding tert-OH is 1. The number of anilines is 2. The molecule has 180 valence electrons. The topological polar surface area (TPSA) is 102 Å². The van der Waals surface area contributed by atoms with Gasteiger partial charge in [-0.1, -0.05) is 11.6 Å². The highest BCUT2D eigenvalue weighted by Crippen LogP contribution is 2.34. The van der Waals surface area contributed by atoms with E-state index in [9.17, 15) is 14.3 Å². The van der Waals surface area contributed by atoms with Crippen molar-refractivity contribution in [2.45, 2.75) is 26.6 Å². The number of carbonyl (C=O) groups excluding carboxylic acids is 1. The Morgan fingerprint density at radius 1 is 1.17 bits per heavy atom. The largest absolute Gasteiger partial charge is 0.455 e. The summed E-state index contributed by atoms with van der Waals surface area (Å²) in [4.78, 5) is 16.7. The van der Waals surface area contributed by atoms with Crippen LogP contribution in [-0.4, -0.2) is 20.4 Å². The predicted octanol–water partition coefficient (Wildman–Crippen LogP) is 5.71. The van der Waals surface area contributed by atoms with Crippen molar-refractivity contribution in [1.29, 1.82) is 0 Å². The van der Waals surface area contributed by atoms with Crippen molar-refractivity contribution in [3.8, 4) is 11.5 Å². The Balaban J connectivity index is 1.52. The second-order valence-electron chi connectivity index (χ2n) is 7.91. The first-order chi connectivity index (χ1) is 16.8. The van der Waals surface area contributed by atoms with Crippen LogP contribution in [-0.2, 0) is 6.54 Å². The summed E-state index contributed by atoms with van der Waals surface area (Å²) in [6.07, 6.45) is 2.11. The van der Waals surface area contributed by atoms with Crippen LogP contribution in [0.1, 0.15) is 40.3 Å². The number of halogens is 2. The number of rotatable bonds is 8. The van der Waals surface area contributed by atoms with E-state index in [-0.39, 0.29) is 16.6 Å². The molecule has 0 amide bonds. The normalized spacial score (nSPS) is 11.8. The number of pyridine rings is 1. The maximum atomic E-state index is 13.2. The van der Waals surface area contributed by atoms with Crippen LogP contribution in [0.15, 0.2) is 67.0 Å². The first kappa shape index (κ1) is 24.3. The number of nitrogen functional groups attached to an aromatic ring is 1. The number of nitrogens with zero attached hydrogens (tertiary/aromatic N) is 2. The summed E-state index contributed by atoms with van der Waals surface area (Å²) in [5.74, 6) is 0.481. The number of carbonyl (C=O) groups is 1. The van der Waals surface area contributed by atoms with E-state index in [4.69, 9.17) is 22.1 Å². The Labute approximate surface area is 206 Å². The van der Waals surface area contributed by atoms with Gasteiger partial charge in [0, 0.05) is 41.8 Å². The second-order valence-corrected chi connectivity index (χ2v) is 8.29. The number of benzene rings is 2. The predicted molar refractivity (Wildman–Crippen MR) is 133 cm³/mol. The number of aryl methyl sites for hydroxylation is 2. The van der Waals surface area contributed by atoms with E-state index in [1.807, 2.05) is 19.9 Å². The van der Waals surface area contributed by atoms with Gasteiger partial charge in [-0.3, -0.25) is 4.79 Å². The van der Waals surface area contributed by atoms with Crippen LogP contribution in [0.5, 0.6) is 11.5 Å². The summed E-state index contributed by atoms with van der Waals surface area (Å²) in [5.41, 5.74) is 8.48. The van der Waals surface area contributed by atoms with Crippen molar-refractivity contribution in [2.24, 2.45) is 0 Å². The highest BCUT2D eigenvalue weighted by atomic mass is 35.5. The third kappa shape index (κ3) is 5.29. The molecular weight excluding hydrogens is 471 g/mol. The maximum absolute atomic E-state index is 13.2. The monoisotopic (exact) mass is 494 g/mol. The Morgan fingerprint density at radius 2 is 1.91 bits per heavy atom. The number of aromatic nitrogens is 2. The standard InChI is InChI=1S/C26H24ClFN4O3/c1-3-32-14-17(24(33)16-4-6-18(28)7-5-16)13-20(32)26(34)31-19-8-9-21(15(2)12-19)35-22-10-11-30-25(29)23(22)27/h4-14,26,31,34H,3H2,1-2H3,(H2,29,30). The minimum absolute atomic E-state index is 0.180. The summed E-state index contributed by atoms with van der Waals surface area (Å²) in [6, 6.07) is 14.0. The van der Waals surface area contributed by atoms with Crippen molar-refractivity contribution in [1.82, 2.24) is 9.55 Å². The van der Waals surface area contributed by atoms with Crippen molar-refractivity contribution in [2.75, 3.05) is 11.1 Å². The minimum atomic E-state index is -1.08. The van der Waals surface area contributed by atoms with Gasteiger partial charge in [0.25, 0.3) is 0 Å². The van der Waals surface area contributed by atoms with E-state index in [0.29, 0.717) is 40.6 Å². The lowest BCUT2D eigenvalue weighted by atomic mass is 10.1. The SMILES string of the molecule is CCn1cc(C(=O)c2ccc(F)cc2)cc1C(O)Nc1ccc(Oc2ccnc(N)c2Cl)c(C)c1. The van der Waals surface area contributed by atoms with Crippen LogP contribution >= 0.6 is 11.6 Å². The Hall–Kier alpha value is -3.88. The van der Waals surface area contributed by atoms with E-state index < -0.39 is 12.0 Å². The summed E-state index contributed by atoms with van der Waals surface area (Å²) in [5, 5.41) is 14.2. The Bertz CT molecular complexity index is 1370. The zero-order chi connectivity index (χ0) is 25.1. The smallest absolute Gasteiger partial charge is 0.194 e. The molecule has 1 atom stereocenters. The molecule has 0 radical (unpaired) electrons. The van der Waals surface area contributed by atoms with Gasteiger partial charge in [0.1, 0.15) is 22.4 Å². The van der Waals surface area contributed by atoms with Crippen molar-refractivity contribution < 1.29 is 19.0 Å². The molecule has 0 aliphatic carbocycles. The highest BCUT2D eigenvalue weighted by Gasteiger charge is 2.19. The third-order valence-corrected chi connectivity index (χ3v) is 5.88. The highest BCUT2D eigenvalue weighted by molar-refractivity contribution is 6.34. The molecule has 0 aliphatic heterocycles. The molecule has 2 aromatic carbocycles. The van der Waals surface area contributed by atoms with E-state index in [1.165, 1.54) is 30.5 Å². The minimum Gasteiger partial charge on any atom is -0.455 e. The van der Waals surface area contributed by atoms with Crippen LogP contribution in [0.25, 0.3) is 0 Å². The summed E-state index contributed by atoms with van der Waals surface area (Å²) in [7, 11) is 0. The molecule has 0 saturated carbocycles. The molecule has 0 spiro atoms. The van der Waals surface area contributed by atoms with Gasteiger partial charge >= 0.3 is 0 Å². The number of hydrogen-bond donors (Lipinski definition) is 3. The number of ketones is 1. The summed E-state index contributed by atoms with van der Waals surface area (Å²) >= 11 is 6.16. The number of aliphatic hydroxyl groups is 1. The van der Waals surface area contributed by atoms with Gasteiger partial charge < -0.3 is 25.5 Å². The lowest BCUT2D eigenvalue weighted by molar-refractivity contribution is 0.103. The lowest BCUT2D eigenvalue weighted by Gasteiger charge is -2.18. The molecule has 4 N–H and O–H groups in total. The van der Waals surface area contributed by atoms with Gasteiger partial charge in [-0.15, -0.1) is 0 Å². The fourth-order valence-electron chi connectivity index (χ4n) is 3.65. The third-order valence-electron chi connectivity index (χ3n) is 5.50. The number of hydrogen-bond acceptors (Lipinski definition) is 6. The number of nitrogens with two attached hydrogens (primary N) is 1. The molecule has 4 rings (SSSR count). The molecule has 9 heteroatoms.